The number of fused-ring (bicyclic) bond motifs is 1. The molecule has 1 saturated carbocycles. The molecule has 0 aromatic heterocycles. The molecule has 3 aliphatic heterocycles. The number of Topliss-reactive ketones (excluding diaryl/α,β-unsaturated/α-hetero) is 1. The lowest BCUT2D eigenvalue weighted by Gasteiger charge is -2.37. The Hall–Kier alpha value is -2.58. The minimum absolute atomic E-state index is 0.0420. The maximum absolute atomic E-state index is 13.8. The largest absolute Gasteiger partial charge is 0.504 e. The number of aromatic hydroxyl groups is 1. The van der Waals surface area contributed by atoms with Gasteiger partial charge in [-0.3, -0.25) is 14.5 Å². The highest BCUT2D eigenvalue weighted by Gasteiger charge is 2.52. The molecule has 1 amide bonds. The number of benzene rings is 1. The SMILES string of the molecule is CCOc1cc(C2C3=C(OC4CCC(C)CC4C3=O)C(=O)N2CCCN2CCOCC2)ccc1O. The van der Waals surface area contributed by atoms with E-state index in [1.54, 1.807) is 23.1 Å². The van der Waals surface area contributed by atoms with Gasteiger partial charge in [0.15, 0.2) is 23.0 Å². The number of phenols is 1. The molecule has 4 atom stereocenters. The number of amides is 1. The average Bonchev–Trinajstić information content (AvgIpc) is 3.14. The zero-order valence-electron chi connectivity index (χ0n) is 20.7. The summed E-state index contributed by atoms with van der Waals surface area (Å²) in [4.78, 5) is 31.6. The third kappa shape index (κ3) is 4.66. The molecule has 4 aliphatic rings. The van der Waals surface area contributed by atoms with Gasteiger partial charge in [0, 0.05) is 26.2 Å². The lowest BCUT2D eigenvalue weighted by molar-refractivity contribution is -0.136. The molecule has 1 aliphatic carbocycles. The van der Waals surface area contributed by atoms with E-state index >= 15 is 0 Å². The topological polar surface area (TPSA) is 88.5 Å². The van der Waals surface area contributed by atoms with Gasteiger partial charge in [-0.2, -0.15) is 0 Å². The number of phenolic OH excluding ortho intramolecular Hbond substituents is 1. The Morgan fingerprint density at radius 1 is 1.14 bits per heavy atom. The van der Waals surface area contributed by atoms with Gasteiger partial charge >= 0.3 is 0 Å². The van der Waals surface area contributed by atoms with Crippen molar-refractivity contribution in [1.29, 1.82) is 0 Å². The average molecular weight is 485 g/mol. The van der Waals surface area contributed by atoms with E-state index in [1.165, 1.54) is 0 Å². The molecule has 1 N–H and O–H groups in total. The minimum Gasteiger partial charge on any atom is -0.504 e. The van der Waals surface area contributed by atoms with Crippen LogP contribution >= 0.6 is 0 Å². The van der Waals surface area contributed by atoms with Crippen molar-refractivity contribution in [2.75, 3.05) is 46.0 Å². The number of morpholine rings is 1. The molecule has 0 spiro atoms. The van der Waals surface area contributed by atoms with Crippen molar-refractivity contribution in [2.45, 2.75) is 51.7 Å². The fourth-order valence-corrected chi connectivity index (χ4v) is 5.96. The van der Waals surface area contributed by atoms with Crippen LogP contribution in [-0.4, -0.2) is 78.7 Å². The van der Waals surface area contributed by atoms with Gasteiger partial charge in [0.2, 0.25) is 0 Å². The lowest BCUT2D eigenvalue weighted by Crippen LogP contribution is -2.41. The van der Waals surface area contributed by atoms with E-state index in [9.17, 15) is 14.7 Å². The molecule has 1 saturated heterocycles. The summed E-state index contributed by atoms with van der Waals surface area (Å²) in [6, 6.07) is 4.58. The summed E-state index contributed by atoms with van der Waals surface area (Å²) in [5, 5.41) is 10.3. The molecule has 8 nitrogen and oxygen atoms in total. The van der Waals surface area contributed by atoms with E-state index < -0.39 is 6.04 Å². The van der Waals surface area contributed by atoms with Gasteiger partial charge in [0.25, 0.3) is 5.91 Å². The summed E-state index contributed by atoms with van der Waals surface area (Å²) in [6.45, 7) is 9.07. The third-order valence-electron chi connectivity index (χ3n) is 7.78. The Morgan fingerprint density at radius 3 is 2.71 bits per heavy atom. The second-order valence-electron chi connectivity index (χ2n) is 10.2. The number of ether oxygens (including phenoxy) is 3. The van der Waals surface area contributed by atoms with Gasteiger partial charge in [-0.1, -0.05) is 13.0 Å². The predicted octanol–water partition coefficient (Wildman–Crippen LogP) is 3.05. The van der Waals surface area contributed by atoms with Gasteiger partial charge < -0.3 is 24.2 Å². The first kappa shape index (κ1) is 24.1. The number of ketones is 1. The summed E-state index contributed by atoms with van der Waals surface area (Å²) in [5.74, 6) is 0.724. The van der Waals surface area contributed by atoms with Crippen molar-refractivity contribution in [1.82, 2.24) is 9.80 Å². The van der Waals surface area contributed by atoms with Gasteiger partial charge in [0.05, 0.1) is 37.4 Å². The molecular weight excluding hydrogens is 448 g/mol. The Labute approximate surface area is 206 Å². The highest BCUT2D eigenvalue weighted by atomic mass is 16.5. The molecule has 0 bridgehead atoms. The Kier molecular flexibility index (Phi) is 7.02. The number of hydrogen-bond acceptors (Lipinski definition) is 7. The van der Waals surface area contributed by atoms with Crippen LogP contribution < -0.4 is 4.74 Å². The molecule has 5 rings (SSSR count). The lowest BCUT2D eigenvalue weighted by atomic mass is 9.74. The number of hydrogen-bond donors (Lipinski definition) is 1. The summed E-state index contributed by atoms with van der Waals surface area (Å²) in [5.41, 5.74) is 1.24. The molecule has 3 heterocycles. The van der Waals surface area contributed by atoms with Gasteiger partial charge in [0.1, 0.15) is 6.10 Å². The van der Waals surface area contributed by atoms with Crippen LogP contribution in [0, 0.1) is 11.8 Å². The summed E-state index contributed by atoms with van der Waals surface area (Å²) >= 11 is 0. The number of rotatable bonds is 7. The van der Waals surface area contributed by atoms with Gasteiger partial charge in [-0.15, -0.1) is 0 Å². The monoisotopic (exact) mass is 484 g/mol. The summed E-state index contributed by atoms with van der Waals surface area (Å²) in [6.07, 6.45) is 3.18. The maximum Gasteiger partial charge on any atom is 0.290 e. The molecule has 8 heteroatoms. The molecule has 2 fully saturated rings. The molecule has 4 unspecified atom stereocenters. The van der Waals surface area contributed by atoms with Gasteiger partial charge in [-0.25, -0.2) is 0 Å². The van der Waals surface area contributed by atoms with Crippen LogP contribution in [0.4, 0.5) is 0 Å². The van der Waals surface area contributed by atoms with E-state index in [2.05, 4.69) is 11.8 Å². The quantitative estimate of drug-likeness (QED) is 0.636. The first-order valence-corrected chi connectivity index (χ1v) is 13.0. The van der Waals surface area contributed by atoms with Crippen LogP contribution in [0.5, 0.6) is 11.5 Å². The normalized spacial score (nSPS) is 29.1. The van der Waals surface area contributed by atoms with Crippen LogP contribution in [-0.2, 0) is 19.1 Å². The third-order valence-corrected chi connectivity index (χ3v) is 7.78. The predicted molar refractivity (Wildman–Crippen MR) is 129 cm³/mol. The highest BCUT2D eigenvalue weighted by molar-refractivity contribution is 6.11. The van der Waals surface area contributed by atoms with Gasteiger partial charge in [-0.05, 0) is 56.2 Å². The first-order chi connectivity index (χ1) is 17.0. The molecule has 1 aromatic rings. The molecule has 35 heavy (non-hydrogen) atoms. The molecule has 1 aromatic carbocycles. The van der Waals surface area contributed by atoms with Crippen LogP contribution in [0.1, 0.15) is 51.1 Å². The standard InChI is InChI=1S/C27H36N2O6/c1-3-34-22-16-18(6-7-20(22)30)24-23-25(31)19-15-17(2)5-8-21(19)35-26(23)27(32)29(24)10-4-9-28-11-13-33-14-12-28/h6-7,16-17,19,21,24,30H,3-5,8-15H2,1-2H3. The van der Waals surface area contributed by atoms with Crippen LogP contribution in [0.3, 0.4) is 0 Å². The van der Waals surface area contributed by atoms with Crippen LogP contribution in [0.2, 0.25) is 0 Å². The Balaban J connectivity index is 1.45. The first-order valence-electron chi connectivity index (χ1n) is 13.0. The smallest absolute Gasteiger partial charge is 0.290 e. The van der Waals surface area contributed by atoms with Crippen LogP contribution in [0.15, 0.2) is 29.5 Å². The van der Waals surface area contributed by atoms with E-state index in [4.69, 9.17) is 14.2 Å². The zero-order chi connectivity index (χ0) is 24.5. The Bertz CT molecular complexity index is 1000. The second kappa shape index (κ2) is 10.2. The fourth-order valence-electron chi connectivity index (χ4n) is 5.96. The summed E-state index contributed by atoms with van der Waals surface area (Å²) < 4.78 is 17.3. The van der Waals surface area contributed by atoms with E-state index in [0.717, 1.165) is 64.1 Å². The van der Waals surface area contributed by atoms with Crippen molar-refractivity contribution in [3.05, 3.63) is 35.1 Å². The number of nitrogens with zero attached hydrogens (tertiary/aromatic N) is 2. The number of carbonyl (C=O) groups is 2. The van der Waals surface area contributed by atoms with E-state index in [0.29, 0.717) is 30.4 Å². The molecule has 190 valence electrons. The van der Waals surface area contributed by atoms with Crippen molar-refractivity contribution in [2.24, 2.45) is 11.8 Å². The van der Waals surface area contributed by atoms with E-state index in [1.807, 2.05) is 6.92 Å². The maximum atomic E-state index is 13.8. The van der Waals surface area contributed by atoms with E-state index in [-0.39, 0.29) is 35.2 Å². The van der Waals surface area contributed by atoms with Crippen LogP contribution in [0.25, 0.3) is 0 Å². The van der Waals surface area contributed by atoms with Crippen molar-refractivity contribution in [3.8, 4) is 11.5 Å². The Morgan fingerprint density at radius 2 is 1.94 bits per heavy atom. The summed E-state index contributed by atoms with van der Waals surface area (Å²) in [7, 11) is 0. The van der Waals surface area contributed by atoms with Crippen molar-refractivity contribution < 1.29 is 28.9 Å². The van der Waals surface area contributed by atoms with Crippen molar-refractivity contribution in [3.63, 3.8) is 0 Å². The molecule has 0 radical (unpaired) electrons. The number of carbonyl (C=O) groups excluding carboxylic acids is 2. The fraction of sp³-hybridized carbons (Fsp3) is 0.630. The zero-order valence-corrected chi connectivity index (χ0v) is 20.7. The molecular formula is C27H36N2O6. The highest BCUT2D eigenvalue weighted by Crippen LogP contribution is 2.48. The second-order valence-corrected chi connectivity index (χ2v) is 10.2. The minimum atomic E-state index is -0.535. The van der Waals surface area contributed by atoms with Crippen molar-refractivity contribution >= 4 is 11.7 Å².